The molecule has 0 radical (unpaired) electrons. The third kappa shape index (κ3) is 3.47. The lowest BCUT2D eigenvalue weighted by atomic mass is 9.44. The van der Waals surface area contributed by atoms with Crippen LogP contribution in [-0.2, 0) is 18.9 Å². The van der Waals surface area contributed by atoms with Gasteiger partial charge in [-0.15, -0.1) is 4.33 Å². The summed E-state index contributed by atoms with van der Waals surface area (Å²) in [7, 11) is 0. The molecule has 4 aliphatic carbocycles. The highest BCUT2D eigenvalue weighted by molar-refractivity contribution is 7.96. The fourth-order valence-electron chi connectivity index (χ4n) is 5.35. The van der Waals surface area contributed by atoms with Crippen molar-refractivity contribution in [3.8, 4) is 0 Å². The van der Waals surface area contributed by atoms with E-state index in [1.165, 1.54) is 0 Å². The van der Waals surface area contributed by atoms with E-state index in [1.807, 2.05) is 0 Å². The second-order valence-corrected chi connectivity index (χ2v) is 8.37. The minimum atomic E-state index is -4.36. The van der Waals surface area contributed by atoms with E-state index in [9.17, 15) is 26.7 Å². The van der Waals surface area contributed by atoms with Crippen molar-refractivity contribution < 1.29 is 46.1 Å². The van der Waals surface area contributed by atoms with Crippen LogP contribution in [0.25, 0.3) is 0 Å². The molecule has 4 bridgehead atoms. The fraction of sp³-hybridized carbons (Fsp3) is 0.929. The van der Waals surface area contributed by atoms with Crippen molar-refractivity contribution in [1.29, 1.82) is 0 Å². The summed E-state index contributed by atoms with van der Waals surface area (Å²) in [6, 6.07) is 0. The predicted molar refractivity (Wildman–Crippen MR) is 73.9 cm³/mol. The molecule has 144 valence electrons. The maximum absolute atomic E-state index is 13.6. The van der Waals surface area contributed by atoms with Crippen molar-refractivity contribution in [1.82, 2.24) is 0 Å². The Balaban J connectivity index is 1.69. The first-order valence-electron chi connectivity index (χ1n) is 7.79. The van der Waals surface area contributed by atoms with Gasteiger partial charge in [0.05, 0.1) is 12.0 Å². The molecule has 1 N–H and O–H groups in total. The molecule has 25 heavy (non-hydrogen) atoms. The maximum Gasteiger partial charge on any atom is 0.415 e. The molecule has 0 aromatic heterocycles. The summed E-state index contributed by atoms with van der Waals surface area (Å²) in [5.74, 6) is -2.18. The van der Waals surface area contributed by atoms with Crippen LogP contribution < -0.4 is 0 Å². The Morgan fingerprint density at radius 2 is 1.72 bits per heavy atom. The van der Waals surface area contributed by atoms with Gasteiger partial charge in [-0.1, -0.05) is 5.04 Å². The highest BCUT2D eigenvalue weighted by Crippen LogP contribution is 2.69. The molecule has 0 amide bonds. The zero-order chi connectivity index (χ0) is 18.5. The van der Waals surface area contributed by atoms with Gasteiger partial charge in [0.2, 0.25) is 0 Å². The summed E-state index contributed by atoms with van der Waals surface area (Å²) in [5.41, 5.74) is -2.71. The Kier molecular flexibility index (Phi) is 4.75. The average Bonchev–Trinajstić information content (AvgIpc) is 2.48. The number of halogens is 5. The zero-order valence-electron chi connectivity index (χ0n) is 13.0. The van der Waals surface area contributed by atoms with E-state index in [-0.39, 0.29) is 31.1 Å². The first-order valence-corrected chi connectivity index (χ1v) is 8.53. The van der Waals surface area contributed by atoms with Gasteiger partial charge in [0.1, 0.15) is 12.0 Å². The molecule has 0 aromatic rings. The van der Waals surface area contributed by atoms with E-state index in [0.717, 1.165) is 0 Å². The van der Waals surface area contributed by atoms with Gasteiger partial charge in [-0.3, -0.25) is 0 Å². The van der Waals surface area contributed by atoms with Crippen LogP contribution in [0.2, 0.25) is 0 Å². The monoisotopic (exact) mass is 392 g/mol. The standard InChI is InChI=1S/C14H17F5O5S/c15-13(16,25-24-23-21)10(20)22-7-11-2-8-1-9(3-11)5-12(4-8,6-11)14(17,18)19/h8-9,21H,1-7H2. The molecule has 11 heteroatoms. The minimum Gasteiger partial charge on any atom is -0.460 e. The molecule has 0 spiro atoms. The molecule has 4 aliphatic rings. The van der Waals surface area contributed by atoms with Gasteiger partial charge in [-0.05, 0) is 50.4 Å². The van der Waals surface area contributed by atoms with Gasteiger partial charge in [-0.2, -0.15) is 22.0 Å². The summed E-state index contributed by atoms with van der Waals surface area (Å²) >= 11 is -0.753. The lowest BCUT2D eigenvalue weighted by molar-refractivity contribution is -0.433. The molecular formula is C14H17F5O5S. The number of ether oxygens (including phenoxy) is 1. The number of esters is 1. The van der Waals surface area contributed by atoms with Crippen molar-refractivity contribution in [3.63, 3.8) is 0 Å². The highest BCUT2D eigenvalue weighted by Gasteiger charge is 2.67. The van der Waals surface area contributed by atoms with E-state index in [1.54, 1.807) is 0 Å². The molecule has 4 fully saturated rings. The van der Waals surface area contributed by atoms with E-state index in [4.69, 9.17) is 5.26 Å². The van der Waals surface area contributed by atoms with Crippen LogP contribution >= 0.6 is 12.0 Å². The summed E-state index contributed by atoms with van der Waals surface area (Å²) in [5, 5.41) is 6.73. The van der Waals surface area contributed by atoms with Gasteiger partial charge in [0.25, 0.3) is 0 Å². The van der Waals surface area contributed by atoms with Crippen LogP contribution in [0.15, 0.2) is 0 Å². The predicted octanol–water partition coefficient (Wildman–Crippen LogP) is 4.34. The van der Waals surface area contributed by atoms with Crippen LogP contribution in [0.1, 0.15) is 38.5 Å². The van der Waals surface area contributed by atoms with Crippen molar-refractivity contribution in [2.24, 2.45) is 22.7 Å². The molecule has 2 unspecified atom stereocenters. The van der Waals surface area contributed by atoms with Crippen LogP contribution in [0, 0.1) is 22.7 Å². The molecule has 0 saturated heterocycles. The molecular weight excluding hydrogens is 375 g/mol. The van der Waals surface area contributed by atoms with Crippen molar-refractivity contribution in [2.75, 3.05) is 6.61 Å². The minimum absolute atomic E-state index is 0.0659. The first kappa shape index (κ1) is 19.1. The van der Waals surface area contributed by atoms with Crippen LogP contribution in [-0.4, -0.2) is 29.3 Å². The van der Waals surface area contributed by atoms with Gasteiger partial charge in [0, 0.05) is 5.41 Å². The summed E-state index contributed by atoms with van der Waals surface area (Å²) in [6.45, 7) is -0.479. The topological polar surface area (TPSA) is 65.0 Å². The molecule has 0 heterocycles. The number of alkyl halides is 5. The Hall–Kier alpha value is -0.650. The quantitative estimate of drug-likeness (QED) is 0.239. The number of carbonyl (C=O) groups excluding carboxylic acids is 1. The first-order chi connectivity index (χ1) is 11.5. The largest absolute Gasteiger partial charge is 0.460 e. The van der Waals surface area contributed by atoms with Gasteiger partial charge >= 0.3 is 17.4 Å². The average molecular weight is 392 g/mol. The molecule has 4 saturated carbocycles. The molecule has 5 nitrogen and oxygen atoms in total. The second kappa shape index (κ2) is 6.21. The Labute approximate surface area is 144 Å². The van der Waals surface area contributed by atoms with Crippen molar-refractivity contribution in [2.45, 2.75) is 50.0 Å². The lowest BCUT2D eigenvalue weighted by Crippen LogP contribution is -2.58. The third-order valence-electron chi connectivity index (χ3n) is 5.70. The summed E-state index contributed by atoms with van der Waals surface area (Å²) in [6.07, 6.45) is -2.81. The van der Waals surface area contributed by atoms with Gasteiger partial charge in [0.15, 0.2) is 0 Å². The Morgan fingerprint density at radius 1 is 1.12 bits per heavy atom. The molecule has 0 aromatic carbocycles. The third-order valence-corrected chi connectivity index (χ3v) is 6.20. The number of carbonyl (C=O) groups is 1. The van der Waals surface area contributed by atoms with E-state index < -0.39 is 46.9 Å². The fourth-order valence-corrected chi connectivity index (χ4v) is 5.59. The van der Waals surface area contributed by atoms with Crippen LogP contribution in [0.3, 0.4) is 0 Å². The van der Waals surface area contributed by atoms with Crippen LogP contribution in [0.5, 0.6) is 0 Å². The lowest BCUT2D eigenvalue weighted by Gasteiger charge is -2.61. The normalized spacial score (nSPS) is 37.4. The van der Waals surface area contributed by atoms with Gasteiger partial charge in [-0.25, -0.2) is 10.1 Å². The Bertz CT molecular complexity index is 526. The molecule has 2 atom stereocenters. The zero-order valence-corrected chi connectivity index (χ0v) is 13.8. The Morgan fingerprint density at radius 3 is 2.24 bits per heavy atom. The van der Waals surface area contributed by atoms with E-state index >= 15 is 0 Å². The SMILES string of the molecule is O=C(OCC12CC3CC(C1)CC(C(F)(F)F)(C3)C2)C(F)(F)SOOO. The number of rotatable bonds is 6. The smallest absolute Gasteiger partial charge is 0.415 e. The molecule has 0 aliphatic heterocycles. The second-order valence-electron chi connectivity index (χ2n) is 7.56. The molecule has 4 rings (SSSR count). The highest BCUT2D eigenvalue weighted by atomic mass is 32.2. The van der Waals surface area contributed by atoms with Crippen molar-refractivity contribution in [3.05, 3.63) is 0 Å². The van der Waals surface area contributed by atoms with Crippen LogP contribution in [0.4, 0.5) is 22.0 Å². The summed E-state index contributed by atoms with van der Waals surface area (Å²) < 4.78 is 75.9. The number of hydrogen-bond donors (Lipinski definition) is 1. The van der Waals surface area contributed by atoms with Crippen molar-refractivity contribution >= 4 is 18.0 Å². The summed E-state index contributed by atoms with van der Waals surface area (Å²) in [4.78, 5) is 11.5. The number of hydrogen-bond acceptors (Lipinski definition) is 6. The van der Waals surface area contributed by atoms with E-state index in [0.29, 0.717) is 19.3 Å². The van der Waals surface area contributed by atoms with Gasteiger partial charge < -0.3 is 4.74 Å². The van der Waals surface area contributed by atoms with E-state index in [2.05, 4.69) is 14.1 Å². The maximum atomic E-state index is 13.6.